The number of para-hydroxylation sites is 1. The number of amides is 3. The first-order chi connectivity index (χ1) is 17.1. The maximum Gasteiger partial charge on any atom is 0.328 e. The lowest BCUT2D eigenvalue weighted by Crippen LogP contribution is -2.57. The third-order valence-electron chi connectivity index (χ3n) is 8.24. The first-order valence-corrected chi connectivity index (χ1v) is 12.6. The van der Waals surface area contributed by atoms with Crippen LogP contribution in [-0.4, -0.2) is 76.6 Å². The van der Waals surface area contributed by atoms with Gasteiger partial charge in [-0.1, -0.05) is 42.5 Å². The fraction of sp³-hybridized carbons (Fsp3) is 0.429. The fourth-order valence-corrected chi connectivity index (χ4v) is 6.34. The molecule has 182 valence electrons. The Hall–Kier alpha value is -3.16. The van der Waals surface area contributed by atoms with Crippen molar-refractivity contribution in [1.82, 2.24) is 19.7 Å². The topological polar surface area (TPSA) is 68.9 Å². The van der Waals surface area contributed by atoms with Crippen molar-refractivity contribution in [2.75, 3.05) is 33.4 Å². The molecule has 1 aliphatic carbocycles. The minimum Gasteiger partial charge on any atom is -0.383 e. The van der Waals surface area contributed by atoms with E-state index >= 15 is 0 Å². The minimum atomic E-state index is -0.763. The van der Waals surface area contributed by atoms with Crippen molar-refractivity contribution in [3.05, 3.63) is 71.4 Å². The van der Waals surface area contributed by atoms with Gasteiger partial charge in [-0.05, 0) is 48.4 Å². The van der Waals surface area contributed by atoms with E-state index in [0.717, 1.165) is 38.0 Å². The summed E-state index contributed by atoms with van der Waals surface area (Å²) in [5.74, 6) is -0.0110. The molecule has 1 spiro atoms. The molecule has 2 saturated heterocycles. The van der Waals surface area contributed by atoms with Gasteiger partial charge in [-0.3, -0.25) is 14.6 Å². The first kappa shape index (κ1) is 22.3. The van der Waals surface area contributed by atoms with Gasteiger partial charge < -0.3 is 14.6 Å². The van der Waals surface area contributed by atoms with Crippen LogP contribution < -0.4 is 0 Å². The van der Waals surface area contributed by atoms with Crippen LogP contribution >= 0.6 is 0 Å². The number of H-pyrrole nitrogens is 1. The molecule has 2 aromatic carbocycles. The predicted molar refractivity (Wildman–Crippen MR) is 134 cm³/mol. The third-order valence-corrected chi connectivity index (χ3v) is 8.24. The Morgan fingerprint density at radius 3 is 2.40 bits per heavy atom. The Bertz CT molecular complexity index is 1230. The lowest BCUT2D eigenvalue weighted by molar-refractivity contribution is -0.137. The van der Waals surface area contributed by atoms with Gasteiger partial charge >= 0.3 is 6.03 Å². The lowest BCUT2D eigenvalue weighted by Gasteiger charge is -2.42. The zero-order chi connectivity index (χ0) is 24.0. The van der Waals surface area contributed by atoms with E-state index in [4.69, 9.17) is 4.74 Å². The summed E-state index contributed by atoms with van der Waals surface area (Å²) in [6, 6.07) is 16.4. The number of hydrogen-bond acceptors (Lipinski definition) is 4. The second-order valence-corrected chi connectivity index (χ2v) is 10.1. The number of likely N-dealkylation sites (tertiary alicyclic amines) is 1. The number of rotatable bonds is 6. The van der Waals surface area contributed by atoms with Crippen LogP contribution in [0.2, 0.25) is 0 Å². The molecule has 3 aliphatic rings. The Morgan fingerprint density at radius 2 is 1.69 bits per heavy atom. The Balaban J connectivity index is 1.21. The lowest BCUT2D eigenvalue weighted by atomic mass is 9.85. The second kappa shape index (κ2) is 8.81. The van der Waals surface area contributed by atoms with Gasteiger partial charge in [0, 0.05) is 56.4 Å². The Kier molecular flexibility index (Phi) is 5.61. The zero-order valence-corrected chi connectivity index (χ0v) is 20.2. The molecule has 2 fully saturated rings. The van der Waals surface area contributed by atoms with Crippen molar-refractivity contribution >= 4 is 22.8 Å². The number of aromatic nitrogens is 1. The summed E-state index contributed by atoms with van der Waals surface area (Å²) in [4.78, 5) is 36.9. The number of fused-ring (bicyclic) bond motifs is 2. The van der Waals surface area contributed by atoms with Gasteiger partial charge in [-0.25, -0.2) is 4.79 Å². The van der Waals surface area contributed by atoms with Crippen molar-refractivity contribution in [2.24, 2.45) is 0 Å². The molecule has 7 nitrogen and oxygen atoms in total. The normalized spacial score (nSPS) is 20.5. The van der Waals surface area contributed by atoms with Gasteiger partial charge in [0.15, 0.2) is 0 Å². The smallest absolute Gasteiger partial charge is 0.328 e. The van der Waals surface area contributed by atoms with E-state index in [-0.39, 0.29) is 18.0 Å². The average Bonchev–Trinajstić information content (AvgIpc) is 3.54. The van der Waals surface area contributed by atoms with Crippen LogP contribution in [-0.2, 0) is 28.9 Å². The number of nitrogens with zero attached hydrogens (tertiary/aromatic N) is 3. The number of piperidine rings is 1. The molecule has 0 saturated carbocycles. The molecule has 0 radical (unpaired) electrons. The number of benzene rings is 2. The SMILES string of the molecule is COCCN1C(=O)N(C2Cc3ccccc3C2)C(=O)C12CCN(Cc1c[nH]c3ccccc13)CC2. The highest BCUT2D eigenvalue weighted by Gasteiger charge is 2.59. The maximum absolute atomic E-state index is 14.0. The van der Waals surface area contributed by atoms with Crippen molar-refractivity contribution in [3.8, 4) is 0 Å². The quantitative estimate of drug-likeness (QED) is 0.557. The Labute approximate surface area is 205 Å². The van der Waals surface area contributed by atoms with Crippen molar-refractivity contribution in [2.45, 2.75) is 43.8 Å². The van der Waals surface area contributed by atoms with Crippen LogP contribution in [0.3, 0.4) is 0 Å². The first-order valence-electron chi connectivity index (χ1n) is 12.6. The molecule has 0 unspecified atom stereocenters. The van der Waals surface area contributed by atoms with E-state index in [1.807, 2.05) is 23.1 Å². The van der Waals surface area contributed by atoms with Gasteiger partial charge in [-0.15, -0.1) is 0 Å². The number of ether oxygens (including phenoxy) is 1. The monoisotopic (exact) mass is 472 g/mol. The maximum atomic E-state index is 14.0. The summed E-state index contributed by atoms with van der Waals surface area (Å²) < 4.78 is 5.33. The van der Waals surface area contributed by atoms with Gasteiger partial charge in [0.2, 0.25) is 0 Å². The predicted octanol–water partition coefficient (Wildman–Crippen LogP) is 3.58. The zero-order valence-electron chi connectivity index (χ0n) is 20.2. The highest BCUT2D eigenvalue weighted by atomic mass is 16.5. The number of hydrogen-bond donors (Lipinski definition) is 1. The minimum absolute atomic E-state index is 0.0110. The summed E-state index contributed by atoms with van der Waals surface area (Å²) in [7, 11) is 1.64. The average molecular weight is 473 g/mol. The molecule has 1 aromatic heterocycles. The highest BCUT2D eigenvalue weighted by Crippen LogP contribution is 2.40. The van der Waals surface area contributed by atoms with Crippen molar-refractivity contribution < 1.29 is 14.3 Å². The fourth-order valence-electron chi connectivity index (χ4n) is 6.34. The number of urea groups is 1. The number of methoxy groups -OCH3 is 1. The van der Waals surface area contributed by atoms with E-state index in [1.54, 1.807) is 12.0 Å². The van der Waals surface area contributed by atoms with Crippen molar-refractivity contribution in [1.29, 1.82) is 0 Å². The Morgan fingerprint density at radius 1 is 1.00 bits per heavy atom. The molecular weight excluding hydrogens is 440 g/mol. The highest BCUT2D eigenvalue weighted by molar-refractivity contribution is 6.07. The standard InChI is InChI=1S/C28H32N4O3/c1-35-15-14-31-27(34)32(23-16-20-6-2-3-7-21(20)17-23)26(33)28(31)10-12-30(13-11-28)19-22-18-29-25-9-5-4-8-24(22)25/h2-9,18,23,29H,10-17,19H2,1H3. The summed E-state index contributed by atoms with van der Waals surface area (Å²) in [5.41, 5.74) is 4.15. The molecule has 3 amide bonds. The molecule has 1 N–H and O–H groups in total. The van der Waals surface area contributed by atoms with Crippen LogP contribution in [0.25, 0.3) is 10.9 Å². The number of aromatic amines is 1. The molecule has 3 heterocycles. The van der Waals surface area contributed by atoms with E-state index in [1.165, 1.54) is 22.1 Å². The number of carbonyl (C=O) groups is 2. The van der Waals surface area contributed by atoms with E-state index < -0.39 is 5.54 Å². The number of carbonyl (C=O) groups excluding carboxylic acids is 2. The molecule has 0 atom stereocenters. The van der Waals surface area contributed by atoms with Gasteiger partial charge in [-0.2, -0.15) is 0 Å². The van der Waals surface area contributed by atoms with Crippen molar-refractivity contribution in [3.63, 3.8) is 0 Å². The molecule has 7 heteroatoms. The molecule has 2 aliphatic heterocycles. The second-order valence-electron chi connectivity index (χ2n) is 10.1. The third kappa shape index (κ3) is 3.65. The molecule has 3 aromatic rings. The van der Waals surface area contributed by atoms with Gasteiger partial charge in [0.25, 0.3) is 5.91 Å². The molecule has 0 bridgehead atoms. The molecule has 35 heavy (non-hydrogen) atoms. The van der Waals surface area contributed by atoms with E-state index in [2.05, 4.69) is 46.4 Å². The summed E-state index contributed by atoms with van der Waals surface area (Å²) >= 11 is 0. The van der Waals surface area contributed by atoms with E-state index in [9.17, 15) is 9.59 Å². The number of imide groups is 1. The molecule has 6 rings (SSSR count). The summed E-state index contributed by atoms with van der Waals surface area (Å²) in [6.45, 7) is 3.27. The molecular formula is C28H32N4O3. The summed E-state index contributed by atoms with van der Waals surface area (Å²) in [6.07, 6.45) is 4.88. The van der Waals surface area contributed by atoms with Crippen LogP contribution in [0.5, 0.6) is 0 Å². The van der Waals surface area contributed by atoms with Crippen LogP contribution in [0.4, 0.5) is 4.79 Å². The van der Waals surface area contributed by atoms with Gasteiger partial charge in [0.1, 0.15) is 5.54 Å². The van der Waals surface area contributed by atoms with Crippen LogP contribution in [0.1, 0.15) is 29.5 Å². The van der Waals surface area contributed by atoms with Crippen LogP contribution in [0, 0.1) is 0 Å². The largest absolute Gasteiger partial charge is 0.383 e. The van der Waals surface area contributed by atoms with Gasteiger partial charge in [0.05, 0.1) is 6.61 Å². The van der Waals surface area contributed by atoms with Crippen LogP contribution in [0.15, 0.2) is 54.7 Å². The van der Waals surface area contributed by atoms with E-state index in [0.29, 0.717) is 26.0 Å². The summed E-state index contributed by atoms with van der Waals surface area (Å²) in [5, 5.41) is 1.24. The number of nitrogens with one attached hydrogen (secondary N) is 1.